The Bertz CT molecular complexity index is 751. The van der Waals surface area contributed by atoms with Gasteiger partial charge < -0.3 is 10.6 Å². The van der Waals surface area contributed by atoms with Gasteiger partial charge in [-0.15, -0.1) is 0 Å². The molecule has 0 saturated heterocycles. The molecule has 0 aliphatic carbocycles. The van der Waals surface area contributed by atoms with E-state index < -0.39 is 0 Å². The SMILES string of the molecule is CCc1ccc([C@H](C)NC(=O)CNC(=O)c2ccc(C)c(C)c2)cc1. The summed E-state index contributed by atoms with van der Waals surface area (Å²) in [7, 11) is 0. The molecular weight excluding hydrogens is 312 g/mol. The van der Waals surface area contributed by atoms with Crippen LogP contribution < -0.4 is 10.6 Å². The molecule has 2 aromatic rings. The van der Waals surface area contributed by atoms with Crippen LogP contribution in [-0.2, 0) is 11.2 Å². The van der Waals surface area contributed by atoms with Crippen molar-refractivity contribution in [3.8, 4) is 0 Å². The molecule has 0 aromatic heterocycles. The van der Waals surface area contributed by atoms with Gasteiger partial charge in [-0.2, -0.15) is 0 Å². The van der Waals surface area contributed by atoms with Crippen molar-refractivity contribution in [3.63, 3.8) is 0 Å². The van der Waals surface area contributed by atoms with Gasteiger partial charge in [0.2, 0.25) is 5.91 Å². The van der Waals surface area contributed by atoms with Crippen LogP contribution in [0.4, 0.5) is 0 Å². The van der Waals surface area contributed by atoms with Gasteiger partial charge in [0.25, 0.3) is 5.91 Å². The summed E-state index contributed by atoms with van der Waals surface area (Å²) in [6.07, 6.45) is 0.992. The molecule has 1 atom stereocenters. The van der Waals surface area contributed by atoms with Crippen molar-refractivity contribution in [1.82, 2.24) is 10.6 Å². The fourth-order valence-corrected chi connectivity index (χ4v) is 2.56. The smallest absolute Gasteiger partial charge is 0.251 e. The molecule has 132 valence electrons. The van der Waals surface area contributed by atoms with E-state index in [1.54, 1.807) is 6.07 Å². The number of carbonyl (C=O) groups excluding carboxylic acids is 2. The Kier molecular flexibility index (Phi) is 6.34. The van der Waals surface area contributed by atoms with Gasteiger partial charge in [0.1, 0.15) is 0 Å². The Morgan fingerprint density at radius 1 is 1.00 bits per heavy atom. The van der Waals surface area contributed by atoms with Crippen molar-refractivity contribution >= 4 is 11.8 Å². The molecule has 0 bridgehead atoms. The predicted octanol–water partition coefficient (Wildman–Crippen LogP) is 3.47. The number of aryl methyl sites for hydroxylation is 3. The van der Waals surface area contributed by atoms with E-state index in [1.165, 1.54) is 5.56 Å². The van der Waals surface area contributed by atoms with Crippen LogP contribution in [0.3, 0.4) is 0 Å². The maximum atomic E-state index is 12.1. The Morgan fingerprint density at radius 2 is 1.68 bits per heavy atom. The standard InChI is InChI=1S/C21H26N2O2/c1-5-17-7-10-18(11-8-17)16(4)23-20(24)13-22-21(25)19-9-6-14(2)15(3)12-19/h6-12,16H,5,13H2,1-4H3,(H,22,25)(H,23,24)/t16-/m0/s1. The monoisotopic (exact) mass is 338 g/mol. The van der Waals surface area contributed by atoms with Gasteiger partial charge in [0.05, 0.1) is 12.6 Å². The van der Waals surface area contributed by atoms with Crippen molar-refractivity contribution in [2.75, 3.05) is 6.54 Å². The van der Waals surface area contributed by atoms with E-state index in [0.717, 1.165) is 23.1 Å². The Morgan fingerprint density at radius 3 is 2.28 bits per heavy atom. The molecule has 0 fully saturated rings. The molecule has 2 N–H and O–H groups in total. The number of hydrogen-bond donors (Lipinski definition) is 2. The molecule has 25 heavy (non-hydrogen) atoms. The summed E-state index contributed by atoms with van der Waals surface area (Å²) >= 11 is 0. The first-order chi connectivity index (χ1) is 11.9. The second-order valence-electron chi connectivity index (χ2n) is 6.37. The van der Waals surface area contributed by atoms with Gasteiger partial charge in [-0.3, -0.25) is 9.59 Å². The molecule has 0 saturated carbocycles. The summed E-state index contributed by atoms with van der Waals surface area (Å²) < 4.78 is 0. The Balaban J connectivity index is 1.86. The Hall–Kier alpha value is -2.62. The number of hydrogen-bond acceptors (Lipinski definition) is 2. The van der Waals surface area contributed by atoms with Crippen molar-refractivity contribution in [3.05, 3.63) is 70.3 Å². The lowest BCUT2D eigenvalue weighted by Crippen LogP contribution is -2.38. The van der Waals surface area contributed by atoms with Crippen LogP contribution in [-0.4, -0.2) is 18.4 Å². The van der Waals surface area contributed by atoms with Gasteiger partial charge in [0, 0.05) is 5.56 Å². The van der Waals surface area contributed by atoms with E-state index >= 15 is 0 Å². The molecule has 2 aromatic carbocycles. The van der Waals surface area contributed by atoms with Crippen LogP contribution in [0.5, 0.6) is 0 Å². The van der Waals surface area contributed by atoms with E-state index in [-0.39, 0.29) is 24.4 Å². The van der Waals surface area contributed by atoms with Crippen LogP contribution in [0.15, 0.2) is 42.5 Å². The van der Waals surface area contributed by atoms with Crippen molar-refractivity contribution in [1.29, 1.82) is 0 Å². The minimum absolute atomic E-state index is 0.0386. The molecule has 4 heteroatoms. The summed E-state index contributed by atoms with van der Waals surface area (Å²) in [4.78, 5) is 24.2. The summed E-state index contributed by atoms with van der Waals surface area (Å²) in [5, 5.41) is 5.58. The van der Waals surface area contributed by atoms with Gasteiger partial charge in [-0.05, 0) is 61.6 Å². The second-order valence-corrected chi connectivity index (χ2v) is 6.37. The molecule has 2 amide bonds. The van der Waals surface area contributed by atoms with Crippen LogP contribution >= 0.6 is 0 Å². The third-order valence-electron chi connectivity index (χ3n) is 4.44. The van der Waals surface area contributed by atoms with Crippen molar-refractivity contribution < 1.29 is 9.59 Å². The van der Waals surface area contributed by atoms with Crippen LogP contribution in [0.25, 0.3) is 0 Å². The molecule has 0 aliphatic rings. The number of rotatable bonds is 6. The summed E-state index contributed by atoms with van der Waals surface area (Å²) in [6, 6.07) is 13.6. The maximum Gasteiger partial charge on any atom is 0.251 e. The van der Waals surface area contributed by atoms with Crippen molar-refractivity contribution in [2.24, 2.45) is 0 Å². The van der Waals surface area contributed by atoms with Gasteiger partial charge in [0.15, 0.2) is 0 Å². The minimum Gasteiger partial charge on any atom is -0.348 e. The highest BCUT2D eigenvalue weighted by Gasteiger charge is 2.12. The zero-order valence-corrected chi connectivity index (χ0v) is 15.3. The zero-order valence-electron chi connectivity index (χ0n) is 15.3. The van der Waals surface area contributed by atoms with E-state index in [4.69, 9.17) is 0 Å². The van der Waals surface area contributed by atoms with E-state index in [2.05, 4.69) is 29.7 Å². The lowest BCUT2D eigenvalue weighted by Gasteiger charge is -2.15. The molecule has 0 spiro atoms. The fourth-order valence-electron chi connectivity index (χ4n) is 2.56. The lowest BCUT2D eigenvalue weighted by atomic mass is 10.0. The number of carbonyl (C=O) groups is 2. The highest BCUT2D eigenvalue weighted by Crippen LogP contribution is 2.13. The third-order valence-corrected chi connectivity index (χ3v) is 4.44. The topological polar surface area (TPSA) is 58.2 Å². The molecule has 0 aliphatic heterocycles. The first-order valence-corrected chi connectivity index (χ1v) is 8.64. The van der Waals surface area contributed by atoms with Crippen LogP contribution in [0.2, 0.25) is 0 Å². The first-order valence-electron chi connectivity index (χ1n) is 8.64. The molecule has 2 rings (SSSR count). The quantitative estimate of drug-likeness (QED) is 0.847. The average Bonchev–Trinajstić information content (AvgIpc) is 2.62. The van der Waals surface area contributed by atoms with Gasteiger partial charge in [-0.1, -0.05) is 37.3 Å². The normalized spacial score (nSPS) is 11.7. The largest absolute Gasteiger partial charge is 0.348 e. The predicted molar refractivity (Wildman–Crippen MR) is 101 cm³/mol. The molecule has 0 heterocycles. The fraction of sp³-hybridized carbons (Fsp3) is 0.333. The third kappa shape index (κ3) is 5.18. The minimum atomic E-state index is -0.238. The van der Waals surface area contributed by atoms with Gasteiger partial charge >= 0.3 is 0 Å². The first kappa shape index (κ1) is 18.7. The highest BCUT2D eigenvalue weighted by atomic mass is 16.2. The van der Waals surface area contributed by atoms with E-state index in [0.29, 0.717) is 5.56 Å². The maximum absolute atomic E-state index is 12.1. The number of amides is 2. The van der Waals surface area contributed by atoms with Crippen LogP contribution in [0.1, 0.15) is 52.5 Å². The highest BCUT2D eigenvalue weighted by molar-refractivity contribution is 5.96. The Labute approximate surface area is 149 Å². The number of benzene rings is 2. The summed E-state index contributed by atoms with van der Waals surface area (Å²) in [5.74, 6) is -0.442. The zero-order chi connectivity index (χ0) is 18.4. The average molecular weight is 338 g/mol. The number of nitrogens with one attached hydrogen (secondary N) is 2. The molecule has 0 radical (unpaired) electrons. The van der Waals surface area contributed by atoms with Crippen LogP contribution in [0, 0.1) is 13.8 Å². The van der Waals surface area contributed by atoms with E-state index in [9.17, 15) is 9.59 Å². The lowest BCUT2D eigenvalue weighted by molar-refractivity contribution is -0.120. The van der Waals surface area contributed by atoms with Crippen molar-refractivity contribution in [2.45, 2.75) is 40.2 Å². The van der Waals surface area contributed by atoms with Gasteiger partial charge in [-0.25, -0.2) is 0 Å². The summed E-state index contributed by atoms with van der Waals surface area (Å²) in [5.41, 5.74) is 5.08. The molecule has 0 unspecified atom stereocenters. The molecule has 4 nitrogen and oxygen atoms in total. The summed E-state index contributed by atoms with van der Waals surface area (Å²) in [6.45, 7) is 7.97. The van der Waals surface area contributed by atoms with E-state index in [1.807, 2.05) is 45.0 Å². The second kappa shape index (κ2) is 8.47. The molecular formula is C21H26N2O2.